The Morgan fingerprint density at radius 2 is 2.11 bits per heavy atom. The molecule has 1 aromatic rings. The number of benzene rings is 1. The molecule has 0 aliphatic carbocycles. The summed E-state index contributed by atoms with van der Waals surface area (Å²) in [5.74, 6) is -1.95. The summed E-state index contributed by atoms with van der Waals surface area (Å²) >= 11 is 0. The zero-order valence-corrected chi connectivity index (χ0v) is 10.4. The van der Waals surface area contributed by atoms with Crippen molar-refractivity contribution in [2.75, 3.05) is 18.5 Å². The molecule has 0 saturated carbocycles. The predicted molar refractivity (Wildman–Crippen MR) is 64.3 cm³/mol. The molecule has 1 heterocycles. The maximum absolute atomic E-state index is 13.0. The van der Waals surface area contributed by atoms with Crippen LogP contribution in [0.1, 0.15) is 29.9 Å². The largest absolute Gasteiger partial charge is 0.481 e. The molecule has 0 aromatic heterocycles. The maximum Gasteiger partial charge on any atom is 0.418 e. The van der Waals surface area contributed by atoms with Crippen molar-refractivity contribution in [3.8, 4) is 0 Å². The van der Waals surface area contributed by atoms with Gasteiger partial charge in [0.1, 0.15) is 0 Å². The van der Waals surface area contributed by atoms with Crippen molar-refractivity contribution in [3.05, 3.63) is 29.3 Å². The molecule has 1 aromatic carbocycles. The van der Waals surface area contributed by atoms with E-state index in [4.69, 9.17) is 0 Å². The van der Waals surface area contributed by atoms with Crippen molar-refractivity contribution in [2.45, 2.75) is 24.9 Å². The number of halogens is 3. The minimum atomic E-state index is -4.48. The topological polar surface area (TPSA) is 40.5 Å². The van der Waals surface area contributed by atoms with Gasteiger partial charge >= 0.3 is 12.1 Å². The number of carbonyl (C=O) groups is 1. The summed E-state index contributed by atoms with van der Waals surface area (Å²) in [7, 11) is 1.57. The first-order valence-electron chi connectivity index (χ1n) is 5.96. The van der Waals surface area contributed by atoms with E-state index in [0.29, 0.717) is 19.4 Å². The quantitative estimate of drug-likeness (QED) is 0.854. The Kier molecular flexibility index (Phi) is 3.43. The van der Waals surface area contributed by atoms with E-state index in [1.807, 2.05) is 0 Å². The summed E-state index contributed by atoms with van der Waals surface area (Å²) in [6, 6.07) is 3.75. The molecule has 3 nitrogen and oxygen atoms in total. The highest BCUT2D eigenvalue weighted by Crippen LogP contribution is 2.43. The SMILES string of the molecule is CN1CCCC(C(=O)O)c2cccc(C(F)(F)F)c21. The summed E-state index contributed by atoms with van der Waals surface area (Å²) in [6.45, 7) is 0.421. The normalized spacial score (nSPS) is 19.8. The van der Waals surface area contributed by atoms with E-state index in [-0.39, 0.29) is 11.3 Å². The van der Waals surface area contributed by atoms with E-state index >= 15 is 0 Å². The van der Waals surface area contributed by atoms with E-state index < -0.39 is 23.6 Å². The molecule has 1 atom stereocenters. The zero-order chi connectivity index (χ0) is 14.2. The molecule has 0 saturated heterocycles. The van der Waals surface area contributed by atoms with E-state index in [0.717, 1.165) is 6.07 Å². The van der Waals surface area contributed by atoms with Crippen LogP contribution in [-0.4, -0.2) is 24.7 Å². The number of anilines is 1. The third-order valence-corrected chi connectivity index (χ3v) is 3.41. The Labute approximate surface area is 108 Å². The molecule has 0 amide bonds. The molecule has 6 heteroatoms. The number of rotatable bonds is 1. The third kappa shape index (κ3) is 2.52. The number of nitrogens with zero attached hydrogens (tertiary/aromatic N) is 1. The van der Waals surface area contributed by atoms with Crippen LogP contribution in [0.2, 0.25) is 0 Å². The van der Waals surface area contributed by atoms with E-state index in [9.17, 15) is 23.1 Å². The zero-order valence-electron chi connectivity index (χ0n) is 10.4. The second-order valence-electron chi connectivity index (χ2n) is 4.70. The molecule has 1 aliphatic heterocycles. The van der Waals surface area contributed by atoms with Gasteiger partial charge in [-0.2, -0.15) is 13.2 Å². The fourth-order valence-electron chi connectivity index (χ4n) is 2.55. The summed E-state index contributed by atoms with van der Waals surface area (Å²) in [4.78, 5) is 12.7. The highest BCUT2D eigenvalue weighted by Gasteiger charge is 2.38. The minimum absolute atomic E-state index is 0.0000926. The molecule has 0 spiro atoms. The van der Waals surface area contributed by atoms with Gasteiger partial charge in [-0.05, 0) is 24.5 Å². The molecule has 19 heavy (non-hydrogen) atoms. The van der Waals surface area contributed by atoms with E-state index in [2.05, 4.69) is 0 Å². The van der Waals surface area contributed by atoms with Crippen molar-refractivity contribution in [1.29, 1.82) is 0 Å². The van der Waals surface area contributed by atoms with E-state index in [1.54, 1.807) is 7.05 Å². The number of hydrogen-bond acceptors (Lipinski definition) is 2. The molecule has 0 radical (unpaired) electrons. The Morgan fingerprint density at radius 1 is 1.42 bits per heavy atom. The second kappa shape index (κ2) is 4.75. The molecule has 1 unspecified atom stereocenters. The van der Waals surface area contributed by atoms with Crippen LogP contribution in [0.5, 0.6) is 0 Å². The van der Waals surface area contributed by atoms with Crippen LogP contribution in [0.3, 0.4) is 0 Å². The minimum Gasteiger partial charge on any atom is -0.481 e. The van der Waals surface area contributed by atoms with Crippen molar-refractivity contribution in [3.63, 3.8) is 0 Å². The number of carboxylic acid groups (broad SMARTS) is 1. The van der Waals surface area contributed by atoms with Gasteiger partial charge in [0.15, 0.2) is 0 Å². The molecule has 1 aliphatic rings. The molecular weight excluding hydrogens is 259 g/mol. The third-order valence-electron chi connectivity index (χ3n) is 3.41. The first-order valence-corrected chi connectivity index (χ1v) is 5.96. The van der Waals surface area contributed by atoms with Gasteiger partial charge in [-0.15, -0.1) is 0 Å². The number of fused-ring (bicyclic) bond motifs is 1. The second-order valence-corrected chi connectivity index (χ2v) is 4.70. The first kappa shape index (κ1) is 13.7. The molecule has 2 rings (SSSR count). The van der Waals surface area contributed by atoms with Crippen LogP contribution in [0, 0.1) is 0 Å². The number of alkyl halides is 3. The lowest BCUT2D eigenvalue weighted by atomic mass is 9.92. The molecule has 104 valence electrons. The average Bonchev–Trinajstić information content (AvgIpc) is 2.47. The van der Waals surface area contributed by atoms with Gasteiger partial charge in [-0.25, -0.2) is 0 Å². The number of aliphatic carboxylic acids is 1. The van der Waals surface area contributed by atoms with Gasteiger partial charge in [0, 0.05) is 13.6 Å². The van der Waals surface area contributed by atoms with Crippen LogP contribution >= 0.6 is 0 Å². The maximum atomic E-state index is 13.0. The van der Waals surface area contributed by atoms with Gasteiger partial charge in [0.2, 0.25) is 0 Å². The Hall–Kier alpha value is -1.72. The Morgan fingerprint density at radius 3 is 2.68 bits per heavy atom. The fourth-order valence-corrected chi connectivity index (χ4v) is 2.55. The number of para-hydroxylation sites is 1. The van der Waals surface area contributed by atoms with Crippen LogP contribution in [-0.2, 0) is 11.0 Å². The van der Waals surface area contributed by atoms with E-state index in [1.165, 1.54) is 17.0 Å². The summed E-state index contributed by atoms with van der Waals surface area (Å²) in [6.07, 6.45) is -3.57. The summed E-state index contributed by atoms with van der Waals surface area (Å²) in [5, 5.41) is 9.19. The van der Waals surface area contributed by atoms with Crippen LogP contribution < -0.4 is 4.90 Å². The summed E-state index contributed by atoms with van der Waals surface area (Å²) < 4.78 is 39.1. The summed E-state index contributed by atoms with van der Waals surface area (Å²) in [5.41, 5.74) is -0.511. The standard InChI is InChI=1S/C13H14F3NO2/c1-17-7-3-5-9(12(18)19)8-4-2-6-10(11(8)17)13(14,15)16/h2,4,6,9H,3,5,7H2,1H3,(H,18,19). The lowest BCUT2D eigenvalue weighted by molar-refractivity contribution is -0.140. The van der Waals surface area contributed by atoms with Crippen molar-refractivity contribution < 1.29 is 23.1 Å². The van der Waals surface area contributed by atoms with Gasteiger partial charge in [0.25, 0.3) is 0 Å². The lowest BCUT2D eigenvalue weighted by Crippen LogP contribution is -2.22. The van der Waals surface area contributed by atoms with Gasteiger partial charge < -0.3 is 10.0 Å². The van der Waals surface area contributed by atoms with Crippen LogP contribution in [0.25, 0.3) is 0 Å². The van der Waals surface area contributed by atoms with Crippen molar-refractivity contribution >= 4 is 11.7 Å². The number of hydrogen-bond donors (Lipinski definition) is 1. The van der Waals surface area contributed by atoms with Gasteiger partial charge in [0.05, 0.1) is 17.2 Å². The predicted octanol–water partition coefficient (Wildman–Crippen LogP) is 3.10. The molecular formula is C13H14F3NO2. The molecule has 0 fully saturated rings. The molecule has 0 bridgehead atoms. The van der Waals surface area contributed by atoms with Crippen molar-refractivity contribution in [1.82, 2.24) is 0 Å². The first-order chi connectivity index (χ1) is 8.82. The monoisotopic (exact) mass is 273 g/mol. The average molecular weight is 273 g/mol. The smallest absolute Gasteiger partial charge is 0.418 e. The van der Waals surface area contributed by atoms with Crippen molar-refractivity contribution in [2.24, 2.45) is 0 Å². The highest BCUT2D eigenvalue weighted by atomic mass is 19.4. The van der Waals surface area contributed by atoms with Crippen LogP contribution in [0.15, 0.2) is 18.2 Å². The van der Waals surface area contributed by atoms with Crippen LogP contribution in [0.4, 0.5) is 18.9 Å². The van der Waals surface area contributed by atoms with Gasteiger partial charge in [-0.3, -0.25) is 4.79 Å². The highest BCUT2D eigenvalue weighted by molar-refractivity contribution is 5.80. The lowest BCUT2D eigenvalue weighted by Gasteiger charge is -2.25. The Balaban J connectivity index is 2.65. The Bertz CT molecular complexity index is 499. The fraction of sp³-hybridized carbons (Fsp3) is 0.462. The van der Waals surface area contributed by atoms with Gasteiger partial charge in [-0.1, -0.05) is 12.1 Å². The number of carboxylic acids is 1. The molecule has 1 N–H and O–H groups in total.